The number of aliphatic hydroxyl groups is 1. The van der Waals surface area contributed by atoms with Crippen molar-refractivity contribution in [3.8, 4) is 0 Å². The fourth-order valence-electron chi connectivity index (χ4n) is 6.70. The van der Waals surface area contributed by atoms with Gasteiger partial charge >= 0.3 is 5.97 Å². The fourth-order valence-corrected chi connectivity index (χ4v) is 6.70. The molecule has 194 valence electrons. The molecule has 1 N–H and O–H groups in total. The third-order valence-corrected chi connectivity index (χ3v) is 9.27. The highest BCUT2D eigenvalue weighted by Gasteiger charge is 2.50. The van der Waals surface area contributed by atoms with Crippen molar-refractivity contribution in [1.29, 1.82) is 0 Å². The molecule has 3 heteroatoms. The maximum absolute atomic E-state index is 11.9. The second-order valence-electron chi connectivity index (χ2n) is 12.0. The molecule has 0 aliphatic heterocycles. The Hall–Kier alpha value is -1.87. The van der Waals surface area contributed by atoms with E-state index < -0.39 is 11.8 Å². The summed E-state index contributed by atoms with van der Waals surface area (Å²) >= 11 is 0. The third-order valence-electron chi connectivity index (χ3n) is 9.27. The molecular weight excluding hydrogens is 432 g/mol. The van der Waals surface area contributed by atoms with E-state index in [0.29, 0.717) is 48.3 Å². The monoisotopic (exact) mass is 480 g/mol. The normalized spacial score (nSPS) is 35.8. The van der Waals surface area contributed by atoms with Gasteiger partial charge < -0.3 is 9.84 Å². The average Bonchev–Trinajstić information content (AvgIpc) is 3.15. The van der Waals surface area contributed by atoms with Crippen LogP contribution in [-0.4, -0.2) is 16.9 Å². The molecule has 0 saturated heterocycles. The molecule has 0 radical (unpaired) electrons. The lowest BCUT2D eigenvalue weighted by Crippen LogP contribution is -2.37. The summed E-state index contributed by atoms with van der Waals surface area (Å²) in [4.78, 5) is 11.9. The first-order chi connectivity index (χ1) is 16.5. The number of hydrogen-bond donors (Lipinski definition) is 1. The van der Waals surface area contributed by atoms with E-state index in [-0.39, 0.29) is 0 Å². The average molecular weight is 481 g/mol. The van der Waals surface area contributed by atoms with Gasteiger partial charge in [-0.05, 0) is 86.0 Å². The molecule has 0 amide bonds. The van der Waals surface area contributed by atoms with E-state index in [4.69, 9.17) is 4.74 Å². The van der Waals surface area contributed by atoms with Crippen molar-refractivity contribution < 1.29 is 14.6 Å². The number of hydrogen-bond acceptors (Lipinski definition) is 3. The Kier molecular flexibility index (Phi) is 9.07. The van der Waals surface area contributed by atoms with Gasteiger partial charge in [0.2, 0.25) is 5.79 Å². The lowest BCUT2D eigenvalue weighted by atomic mass is 9.61. The van der Waals surface area contributed by atoms with Gasteiger partial charge in [0.25, 0.3) is 0 Å². The molecule has 3 saturated carbocycles. The molecule has 3 aliphatic rings. The van der Waals surface area contributed by atoms with Crippen LogP contribution in [0.15, 0.2) is 59.8 Å². The molecule has 6 atom stereocenters. The van der Waals surface area contributed by atoms with E-state index in [1.165, 1.54) is 31.8 Å². The third kappa shape index (κ3) is 6.47. The van der Waals surface area contributed by atoms with Crippen LogP contribution in [0.1, 0.15) is 92.9 Å². The molecule has 0 spiro atoms. The van der Waals surface area contributed by atoms with Crippen LogP contribution in [0.25, 0.3) is 0 Å². The molecule has 0 aromatic heterocycles. The highest BCUT2D eigenvalue weighted by molar-refractivity contribution is 5.82. The van der Waals surface area contributed by atoms with E-state index in [1.54, 1.807) is 18.6 Å². The van der Waals surface area contributed by atoms with Crippen LogP contribution in [0.4, 0.5) is 0 Å². The van der Waals surface area contributed by atoms with E-state index in [9.17, 15) is 9.90 Å². The zero-order valence-corrected chi connectivity index (χ0v) is 23.0. The van der Waals surface area contributed by atoms with Crippen molar-refractivity contribution in [3.63, 3.8) is 0 Å². The molecule has 3 nitrogen and oxygen atoms in total. The summed E-state index contributed by atoms with van der Waals surface area (Å²) in [6.45, 7) is 17.9. The second-order valence-corrected chi connectivity index (χ2v) is 12.0. The summed E-state index contributed by atoms with van der Waals surface area (Å²) in [6, 6.07) is 0. The van der Waals surface area contributed by atoms with Crippen LogP contribution >= 0.6 is 0 Å². The number of rotatable bonds is 7. The zero-order valence-electron chi connectivity index (χ0n) is 23.0. The van der Waals surface area contributed by atoms with Gasteiger partial charge in [-0.1, -0.05) is 82.7 Å². The van der Waals surface area contributed by atoms with Gasteiger partial charge in [0.1, 0.15) is 0 Å². The Balaban J connectivity index is 1.76. The Bertz CT molecular complexity index is 904. The van der Waals surface area contributed by atoms with E-state index in [0.717, 1.165) is 23.5 Å². The van der Waals surface area contributed by atoms with Gasteiger partial charge in [-0.25, -0.2) is 4.79 Å². The number of carbonyl (C=O) groups is 1. The van der Waals surface area contributed by atoms with Crippen LogP contribution in [0, 0.1) is 35.0 Å². The Morgan fingerprint density at radius 3 is 2.54 bits per heavy atom. The van der Waals surface area contributed by atoms with E-state index in [2.05, 4.69) is 65.5 Å². The smallest absolute Gasteiger partial charge is 0.332 e. The SMILES string of the molecule is C=C1CC[C@](O)(OC(=O)/C=C/C)C/C1=C/C=C1\CCC[C@]2(C)[C@@H]([C@H](C)/C=C/[C@H](C)C(C)C)CC[C@@H]12. The van der Waals surface area contributed by atoms with Crippen molar-refractivity contribution in [3.05, 3.63) is 59.8 Å². The van der Waals surface area contributed by atoms with Crippen LogP contribution in [0.2, 0.25) is 0 Å². The predicted molar refractivity (Wildman–Crippen MR) is 145 cm³/mol. The molecule has 0 aromatic carbocycles. The largest absolute Gasteiger partial charge is 0.430 e. The van der Waals surface area contributed by atoms with Crippen LogP contribution in [0.5, 0.6) is 0 Å². The van der Waals surface area contributed by atoms with Crippen LogP contribution < -0.4 is 0 Å². The molecule has 0 bridgehead atoms. The first kappa shape index (κ1) is 27.7. The summed E-state index contributed by atoms with van der Waals surface area (Å²) in [6.07, 6.45) is 20.0. The number of allylic oxidation sites excluding steroid dienone is 7. The van der Waals surface area contributed by atoms with E-state index in [1.807, 2.05) is 0 Å². The summed E-state index contributed by atoms with van der Waals surface area (Å²) in [5.41, 5.74) is 3.93. The zero-order chi connectivity index (χ0) is 25.8. The predicted octanol–water partition coefficient (Wildman–Crippen LogP) is 8.09. The van der Waals surface area contributed by atoms with Gasteiger partial charge in [0, 0.05) is 18.9 Å². The lowest BCUT2D eigenvalue weighted by Gasteiger charge is -2.44. The van der Waals surface area contributed by atoms with Crippen molar-refractivity contribution in [1.82, 2.24) is 0 Å². The van der Waals surface area contributed by atoms with Crippen LogP contribution in [0.3, 0.4) is 0 Å². The molecule has 3 rings (SSSR count). The van der Waals surface area contributed by atoms with Crippen LogP contribution in [-0.2, 0) is 9.53 Å². The van der Waals surface area contributed by atoms with E-state index >= 15 is 0 Å². The van der Waals surface area contributed by atoms with Gasteiger partial charge in [0.05, 0.1) is 0 Å². The fraction of sp³-hybridized carbons (Fsp3) is 0.656. The number of fused-ring (bicyclic) bond motifs is 1. The summed E-state index contributed by atoms with van der Waals surface area (Å²) in [7, 11) is 0. The Morgan fingerprint density at radius 1 is 1.11 bits per heavy atom. The molecular formula is C32H48O3. The summed E-state index contributed by atoms with van der Waals surface area (Å²) in [5, 5.41) is 10.9. The highest BCUT2D eigenvalue weighted by atomic mass is 16.7. The minimum atomic E-state index is -1.45. The minimum absolute atomic E-state index is 0.305. The topological polar surface area (TPSA) is 46.5 Å². The van der Waals surface area contributed by atoms with Crippen molar-refractivity contribution in [2.45, 2.75) is 98.7 Å². The highest BCUT2D eigenvalue weighted by Crippen LogP contribution is 2.59. The number of carbonyl (C=O) groups excluding carboxylic acids is 1. The summed E-state index contributed by atoms with van der Waals surface area (Å²) < 4.78 is 5.39. The number of ether oxygens (including phenoxy) is 1. The maximum Gasteiger partial charge on any atom is 0.332 e. The second kappa shape index (κ2) is 11.5. The first-order valence-electron chi connectivity index (χ1n) is 13.8. The maximum atomic E-state index is 11.9. The minimum Gasteiger partial charge on any atom is -0.430 e. The Labute approximate surface area is 214 Å². The lowest BCUT2D eigenvalue weighted by molar-refractivity contribution is -0.208. The molecule has 3 aliphatic carbocycles. The quantitative estimate of drug-likeness (QED) is 0.173. The molecule has 3 fully saturated rings. The molecule has 35 heavy (non-hydrogen) atoms. The summed E-state index contributed by atoms with van der Waals surface area (Å²) in [5.74, 6) is 1.31. The standard InChI is InChI=1S/C32H48O3/c1-8-10-30(33)35-32(34)20-18-24(5)27(21-32)15-14-26-11-9-19-31(7)28(16-17-29(26)31)25(6)13-12-23(4)22(2)3/h8,10,12-15,22-23,25,28-29,34H,5,9,11,16-21H2,1-4,6-7H3/b10-8+,13-12+,26-14+,27-15-/t23-,25+,28+,29-,31+,32-/m0/s1. The Morgan fingerprint density at radius 2 is 1.86 bits per heavy atom. The molecule has 0 heterocycles. The first-order valence-corrected chi connectivity index (χ1v) is 13.8. The van der Waals surface area contributed by atoms with Crippen molar-refractivity contribution >= 4 is 5.97 Å². The van der Waals surface area contributed by atoms with Gasteiger partial charge in [0.15, 0.2) is 0 Å². The van der Waals surface area contributed by atoms with Gasteiger partial charge in [-0.3, -0.25) is 0 Å². The molecule has 0 aromatic rings. The van der Waals surface area contributed by atoms with Crippen molar-refractivity contribution in [2.24, 2.45) is 35.0 Å². The van der Waals surface area contributed by atoms with Crippen molar-refractivity contribution in [2.75, 3.05) is 0 Å². The number of esters is 1. The van der Waals surface area contributed by atoms with Gasteiger partial charge in [-0.2, -0.15) is 0 Å². The van der Waals surface area contributed by atoms with Gasteiger partial charge in [-0.15, -0.1) is 0 Å². The molecule has 0 unspecified atom stereocenters.